The Kier molecular flexibility index (Phi) is 5.69. The van der Waals surface area contributed by atoms with E-state index in [0.717, 1.165) is 44.3 Å². The third kappa shape index (κ3) is 4.52. The first kappa shape index (κ1) is 22.8. The molecule has 36 heavy (non-hydrogen) atoms. The maximum Gasteiger partial charge on any atom is 0.158 e. The largest absolute Gasteiger partial charge is 0.504 e. The fourth-order valence-electron chi connectivity index (χ4n) is 3.86. The second-order valence-corrected chi connectivity index (χ2v) is 8.62. The van der Waals surface area contributed by atoms with Gasteiger partial charge in [-0.1, -0.05) is 12.1 Å². The van der Waals surface area contributed by atoms with Gasteiger partial charge in [0.15, 0.2) is 23.0 Å². The Morgan fingerprint density at radius 1 is 0.500 bits per heavy atom. The highest BCUT2D eigenvalue weighted by Crippen LogP contribution is 2.31. The number of aryl methyl sites for hydroxylation is 2. The molecule has 6 N–H and O–H groups in total. The summed E-state index contributed by atoms with van der Waals surface area (Å²) in [6.45, 7) is 4.04. The van der Waals surface area contributed by atoms with Crippen molar-refractivity contribution >= 4 is 22.1 Å². The molecule has 0 saturated heterocycles. The van der Waals surface area contributed by atoms with Crippen LogP contribution in [0.5, 0.6) is 23.0 Å². The average Bonchev–Trinajstić information content (AvgIpc) is 3.46. The molecule has 0 aliphatic heterocycles. The van der Waals surface area contributed by atoms with Gasteiger partial charge in [0.05, 0.1) is 22.1 Å². The third-order valence-corrected chi connectivity index (χ3v) is 5.77. The fourth-order valence-corrected chi connectivity index (χ4v) is 3.86. The van der Waals surface area contributed by atoms with Crippen molar-refractivity contribution in [2.75, 3.05) is 0 Å². The Morgan fingerprint density at radius 2 is 0.917 bits per heavy atom. The lowest BCUT2D eigenvalue weighted by Crippen LogP contribution is -1.80. The zero-order valence-corrected chi connectivity index (χ0v) is 19.6. The number of phenols is 4. The molecular weight excluding hydrogens is 456 g/mol. The predicted molar refractivity (Wildman–Crippen MR) is 139 cm³/mol. The Labute approximate surface area is 206 Å². The van der Waals surface area contributed by atoms with Crippen LogP contribution in [0.3, 0.4) is 0 Å². The normalized spacial score (nSPS) is 10.9. The van der Waals surface area contributed by atoms with E-state index in [-0.39, 0.29) is 23.0 Å². The summed E-state index contributed by atoms with van der Waals surface area (Å²) in [6, 6.07) is 21.2. The third-order valence-electron chi connectivity index (χ3n) is 5.77. The minimum atomic E-state index is -0.149. The molecule has 2 aromatic heterocycles. The monoisotopic (exact) mass is 480 g/mol. The van der Waals surface area contributed by atoms with Gasteiger partial charge in [0.2, 0.25) is 0 Å². The number of phenolic OH excluding ortho intramolecular Hbond substituents is 4. The summed E-state index contributed by atoms with van der Waals surface area (Å²) in [6.07, 6.45) is 0. The molecule has 0 saturated carbocycles. The number of hydrogen-bond donors (Lipinski definition) is 6. The summed E-state index contributed by atoms with van der Waals surface area (Å²) < 4.78 is 0. The molecule has 6 rings (SSSR count). The van der Waals surface area contributed by atoms with E-state index in [2.05, 4.69) is 19.9 Å². The highest BCUT2D eigenvalue weighted by atomic mass is 16.3. The number of aromatic hydroxyl groups is 4. The van der Waals surface area contributed by atoms with Crippen LogP contribution < -0.4 is 0 Å². The second-order valence-electron chi connectivity index (χ2n) is 8.62. The van der Waals surface area contributed by atoms with Gasteiger partial charge in [0.1, 0.15) is 11.6 Å². The standard InChI is InChI=1S/2C14H12N2O2/c2*1-8-2-4-10-11(6-8)16-14(15-10)9-3-5-12(17)13(18)7-9/h2*2-7,17-18H,1H3,(H,15,16). The lowest BCUT2D eigenvalue weighted by Gasteiger charge is -1.99. The zero-order chi connectivity index (χ0) is 25.4. The van der Waals surface area contributed by atoms with Crippen LogP contribution in [0, 0.1) is 13.8 Å². The molecule has 8 heteroatoms. The number of rotatable bonds is 2. The van der Waals surface area contributed by atoms with Gasteiger partial charge >= 0.3 is 0 Å². The number of aromatic nitrogens is 4. The highest BCUT2D eigenvalue weighted by Gasteiger charge is 2.09. The van der Waals surface area contributed by atoms with E-state index in [1.807, 2.05) is 50.2 Å². The van der Waals surface area contributed by atoms with E-state index in [1.165, 1.54) is 24.3 Å². The first-order valence-electron chi connectivity index (χ1n) is 11.2. The van der Waals surface area contributed by atoms with Gasteiger partial charge in [-0.15, -0.1) is 0 Å². The summed E-state index contributed by atoms with van der Waals surface area (Å²) in [4.78, 5) is 15.3. The molecule has 0 aliphatic rings. The zero-order valence-electron chi connectivity index (χ0n) is 19.6. The number of imidazole rings is 2. The predicted octanol–water partition coefficient (Wildman–Crippen LogP) is 5.90. The first-order valence-corrected chi connectivity index (χ1v) is 11.2. The van der Waals surface area contributed by atoms with Gasteiger partial charge in [0.25, 0.3) is 0 Å². The topological polar surface area (TPSA) is 138 Å². The summed E-state index contributed by atoms with van der Waals surface area (Å²) in [5.74, 6) is 0.779. The Hall–Kier alpha value is -4.98. The molecule has 0 bridgehead atoms. The highest BCUT2D eigenvalue weighted by molar-refractivity contribution is 5.81. The van der Waals surface area contributed by atoms with Gasteiger partial charge in [-0.05, 0) is 85.6 Å². The van der Waals surface area contributed by atoms with Crippen LogP contribution in [0.25, 0.3) is 44.8 Å². The maximum absolute atomic E-state index is 9.49. The maximum atomic E-state index is 9.49. The Balaban J connectivity index is 0.000000148. The lowest BCUT2D eigenvalue weighted by molar-refractivity contribution is 0.404. The van der Waals surface area contributed by atoms with Gasteiger partial charge < -0.3 is 30.4 Å². The number of H-pyrrole nitrogens is 2. The van der Waals surface area contributed by atoms with Crippen LogP contribution in [0.15, 0.2) is 72.8 Å². The fraction of sp³-hybridized carbons (Fsp3) is 0.0714. The SMILES string of the molecule is Cc1ccc2nc(-c3ccc(O)c(O)c3)[nH]c2c1.Cc1ccc2nc(-c3ccc(O)c(O)c3)[nH]c2c1. The smallest absolute Gasteiger partial charge is 0.158 e. The molecule has 6 aromatic rings. The Bertz CT molecular complexity index is 1590. The molecule has 0 atom stereocenters. The number of nitrogens with one attached hydrogen (secondary N) is 2. The quantitative estimate of drug-likeness (QED) is 0.171. The van der Waals surface area contributed by atoms with Crippen molar-refractivity contribution in [2.45, 2.75) is 13.8 Å². The van der Waals surface area contributed by atoms with Gasteiger partial charge in [-0.2, -0.15) is 0 Å². The Morgan fingerprint density at radius 3 is 1.31 bits per heavy atom. The number of nitrogens with zero attached hydrogens (tertiary/aromatic N) is 2. The second kappa shape index (κ2) is 8.99. The van der Waals surface area contributed by atoms with E-state index < -0.39 is 0 Å². The van der Waals surface area contributed by atoms with Crippen LogP contribution in [0.4, 0.5) is 0 Å². The summed E-state index contributed by atoms with van der Waals surface area (Å²) in [7, 11) is 0. The van der Waals surface area contributed by atoms with E-state index in [1.54, 1.807) is 12.1 Å². The number of hydrogen-bond acceptors (Lipinski definition) is 6. The van der Waals surface area contributed by atoms with Gasteiger partial charge in [-0.25, -0.2) is 9.97 Å². The van der Waals surface area contributed by atoms with Crippen LogP contribution in [0.1, 0.15) is 11.1 Å². The van der Waals surface area contributed by atoms with Crippen LogP contribution in [-0.2, 0) is 0 Å². The van der Waals surface area contributed by atoms with Gasteiger partial charge in [0, 0.05) is 11.1 Å². The van der Waals surface area contributed by atoms with Crippen molar-refractivity contribution in [2.24, 2.45) is 0 Å². The summed E-state index contributed by atoms with van der Waals surface area (Å²) in [5.41, 5.74) is 7.46. The molecule has 2 heterocycles. The van der Waals surface area contributed by atoms with E-state index in [0.29, 0.717) is 11.6 Å². The van der Waals surface area contributed by atoms with Crippen molar-refractivity contribution in [1.82, 2.24) is 19.9 Å². The molecule has 0 fully saturated rings. The van der Waals surface area contributed by atoms with Crippen molar-refractivity contribution in [3.63, 3.8) is 0 Å². The molecule has 4 aromatic carbocycles. The van der Waals surface area contributed by atoms with Crippen molar-refractivity contribution in [3.8, 4) is 45.8 Å². The molecule has 0 spiro atoms. The molecule has 0 radical (unpaired) electrons. The van der Waals surface area contributed by atoms with Crippen molar-refractivity contribution in [1.29, 1.82) is 0 Å². The minimum absolute atomic E-state index is 0.134. The molecule has 8 nitrogen and oxygen atoms in total. The molecule has 0 aliphatic carbocycles. The number of aromatic amines is 2. The molecule has 0 amide bonds. The number of fused-ring (bicyclic) bond motifs is 2. The van der Waals surface area contributed by atoms with Crippen LogP contribution in [-0.4, -0.2) is 40.4 Å². The van der Waals surface area contributed by atoms with Crippen LogP contribution >= 0.6 is 0 Å². The van der Waals surface area contributed by atoms with E-state index >= 15 is 0 Å². The van der Waals surface area contributed by atoms with E-state index in [4.69, 9.17) is 0 Å². The van der Waals surface area contributed by atoms with E-state index in [9.17, 15) is 20.4 Å². The summed E-state index contributed by atoms with van der Waals surface area (Å²) >= 11 is 0. The molecule has 0 unspecified atom stereocenters. The average molecular weight is 481 g/mol. The lowest BCUT2D eigenvalue weighted by atomic mass is 10.2. The molecular formula is C28H24N4O4. The van der Waals surface area contributed by atoms with Crippen molar-refractivity contribution in [3.05, 3.63) is 83.9 Å². The van der Waals surface area contributed by atoms with Gasteiger partial charge in [-0.3, -0.25) is 0 Å². The molecule has 180 valence electrons. The van der Waals surface area contributed by atoms with Crippen LogP contribution in [0.2, 0.25) is 0 Å². The first-order chi connectivity index (χ1) is 17.3. The van der Waals surface area contributed by atoms with Crippen molar-refractivity contribution < 1.29 is 20.4 Å². The minimum Gasteiger partial charge on any atom is -0.504 e. The summed E-state index contributed by atoms with van der Waals surface area (Å²) in [5, 5.41) is 37.5. The number of benzene rings is 4.